The Morgan fingerprint density at radius 3 is 3.00 bits per heavy atom. The molecule has 0 unspecified atom stereocenters. The van der Waals surface area contributed by atoms with Crippen molar-refractivity contribution in [1.82, 2.24) is 4.98 Å². The van der Waals surface area contributed by atoms with Gasteiger partial charge in [-0.2, -0.15) is 0 Å². The van der Waals surface area contributed by atoms with Gasteiger partial charge in [0.05, 0.1) is 10.2 Å². The van der Waals surface area contributed by atoms with Gasteiger partial charge in [0.15, 0.2) is 0 Å². The first kappa shape index (κ1) is 8.05. The summed E-state index contributed by atoms with van der Waals surface area (Å²) in [5, 5.41) is 11.0. The van der Waals surface area contributed by atoms with E-state index in [4.69, 9.17) is 5.11 Å². The molecule has 1 saturated carbocycles. The molecule has 1 aliphatic rings. The molecule has 0 bridgehead atoms. The van der Waals surface area contributed by atoms with Crippen molar-refractivity contribution in [3.8, 4) is 0 Å². The van der Waals surface area contributed by atoms with E-state index in [9.17, 15) is 4.79 Å². The van der Waals surface area contributed by atoms with Crippen LogP contribution in [0.25, 0.3) is 10.2 Å². The summed E-state index contributed by atoms with van der Waals surface area (Å²) in [7, 11) is 0. The van der Waals surface area contributed by atoms with Gasteiger partial charge < -0.3 is 10.1 Å². The SMILES string of the molecule is O=C(O)c1cc2scc(C3CC3)c2[nH]1. The van der Waals surface area contributed by atoms with Gasteiger partial charge in [0.1, 0.15) is 5.69 Å². The third kappa shape index (κ3) is 1.07. The highest BCUT2D eigenvalue weighted by molar-refractivity contribution is 7.17. The first-order valence-corrected chi connectivity index (χ1v) is 5.47. The van der Waals surface area contributed by atoms with E-state index < -0.39 is 5.97 Å². The Kier molecular flexibility index (Phi) is 1.50. The second kappa shape index (κ2) is 2.60. The van der Waals surface area contributed by atoms with E-state index in [0.29, 0.717) is 11.6 Å². The first-order valence-electron chi connectivity index (χ1n) is 4.59. The highest BCUT2D eigenvalue weighted by atomic mass is 32.1. The molecule has 2 N–H and O–H groups in total. The number of nitrogens with one attached hydrogen (secondary N) is 1. The monoisotopic (exact) mass is 207 g/mol. The molecule has 0 amide bonds. The molecule has 3 nitrogen and oxygen atoms in total. The van der Waals surface area contributed by atoms with Crippen molar-refractivity contribution in [2.24, 2.45) is 0 Å². The third-order valence-corrected chi connectivity index (χ3v) is 3.58. The number of aromatic amines is 1. The molecule has 2 aromatic rings. The van der Waals surface area contributed by atoms with Crippen molar-refractivity contribution >= 4 is 27.5 Å². The Hall–Kier alpha value is -1.29. The summed E-state index contributed by atoms with van der Waals surface area (Å²) in [5.41, 5.74) is 2.64. The van der Waals surface area contributed by atoms with Crippen molar-refractivity contribution in [2.45, 2.75) is 18.8 Å². The minimum atomic E-state index is -0.879. The van der Waals surface area contributed by atoms with Gasteiger partial charge in [-0.1, -0.05) is 0 Å². The van der Waals surface area contributed by atoms with E-state index in [-0.39, 0.29) is 0 Å². The number of aromatic carboxylic acids is 1. The summed E-state index contributed by atoms with van der Waals surface area (Å²) in [6.45, 7) is 0. The molecule has 72 valence electrons. The number of fused-ring (bicyclic) bond motifs is 1. The number of rotatable bonds is 2. The van der Waals surface area contributed by atoms with E-state index >= 15 is 0 Å². The predicted molar refractivity (Wildman–Crippen MR) is 55.1 cm³/mol. The fraction of sp³-hybridized carbons (Fsp3) is 0.300. The van der Waals surface area contributed by atoms with Crippen LogP contribution in [0, 0.1) is 0 Å². The van der Waals surface area contributed by atoms with Crippen LogP contribution in [0.2, 0.25) is 0 Å². The standard InChI is InChI=1S/C10H9NO2S/c12-10(13)7-3-8-9(11-7)6(4-14-8)5-1-2-5/h3-5,11H,1-2H2,(H,12,13). The summed E-state index contributed by atoms with van der Waals surface area (Å²) < 4.78 is 1.06. The summed E-state index contributed by atoms with van der Waals surface area (Å²) in [5.74, 6) is -0.209. The highest BCUT2D eigenvalue weighted by Gasteiger charge is 2.27. The maximum Gasteiger partial charge on any atom is 0.352 e. The Labute approximate surface area is 84.4 Å². The Bertz CT molecular complexity index is 507. The third-order valence-electron chi connectivity index (χ3n) is 2.63. The average molecular weight is 207 g/mol. The number of H-pyrrole nitrogens is 1. The van der Waals surface area contributed by atoms with Gasteiger partial charge in [-0.15, -0.1) is 11.3 Å². The van der Waals surface area contributed by atoms with E-state index in [1.54, 1.807) is 17.4 Å². The average Bonchev–Trinajstić information content (AvgIpc) is 2.77. The smallest absolute Gasteiger partial charge is 0.352 e. The number of hydrogen-bond donors (Lipinski definition) is 2. The van der Waals surface area contributed by atoms with Gasteiger partial charge in [0.25, 0.3) is 0 Å². The second-order valence-electron chi connectivity index (χ2n) is 3.69. The molecule has 14 heavy (non-hydrogen) atoms. The van der Waals surface area contributed by atoms with E-state index in [1.165, 1.54) is 18.4 Å². The number of thiophene rings is 1. The number of carboxylic acids is 1. The molecule has 2 heterocycles. The molecule has 1 aliphatic carbocycles. The lowest BCUT2D eigenvalue weighted by Crippen LogP contribution is -1.95. The van der Waals surface area contributed by atoms with Gasteiger partial charge >= 0.3 is 5.97 Å². The molecule has 1 fully saturated rings. The summed E-state index contributed by atoms with van der Waals surface area (Å²) in [4.78, 5) is 13.7. The predicted octanol–water partition coefficient (Wildman–Crippen LogP) is 2.81. The van der Waals surface area contributed by atoms with Gasteiger partial charge in [-0.3, -0.25) is 0 Å². The van der Waals surface area contributed by atoms with Gasteiger partial charge in [-0.25, -0.2) is 4.79 Å². The van der Waals surface area contributed by atoms with Crippen LogP contribution in [0.4, 0.5) is 0 Å². The molecular weight excluding hydrogens is 198 g/mol. The normalized spacial score (nSPS) is 16.3. The summed E-state index contributed by atoms with van der Waals surface area (Å²) in [6, 6.07) is 1.72. The molecule has 3 rings (SSSR count). The van der Waals surface area contributed by atoms with Crippen LogP contribution < -0.4 is 0 Å². The van der Waals surface area contributed by atoms with E-state index in [0.717, 1.165) is 10.2 Å². The molecule has 0 spiro atoms. The van der Waals surface area contributed by atoms with Crippen molar-refractivity contribution in [3.05, 3.63) is 22.7 Å². The number of carbonyl (C=O) groups is 1. The first-order chi connectivity index (χ1) is 6.75. The summed E-state index contributed by atoms with van der Waals surface area (Å²) in [6.07, 6.45) is 2.49. The van der Waals surface area contributed by atoms with Crippen LogP contribution in [0.1, 0.15) is 34.8 Å². The molecule has 0 aromatic carbocycles. The second-order valence-corrected chi connectivity index (χ2v) is 4.60. The van der Waals surface area contributed by atoms with Crippen LogP contribution >= 0.6 is 11.3 Å². The van der Waals surface area contributed by atoms with Crippen molar-refractivity contribution in [3.63, 3.8) is 0 Å². The highest BCUT2D eigenvalue weighted by Crippen LogP contribution is 2.45. The topological polar surface area (TPSA) is 53.1 Å². The largest absolute Gasteiger partial charge is 0.477 e. The molecule has 0 saturated heterocycles. The van der Waals surface area contributed by atoms with E-state index in [2.05, 4.69) is 10.4 Å². The Morgan fingerprint density at radius 2 is 2.36 bits per heavy atom. The van der Waals surface area contributed by atoms with Crippen molar-refractivity contribution < 1.29 is 9.90 Å². The van der Waals surface area contributed by atoms with Crippen molar-refractivity contribution in [1.29, 1.82) is 0 Å². The van der Waals surface area contributed by atoms with Crippen LogP contribution in [0.3, 0.4) is 0 Å². The molecule has 0 radical (unpaired) electrons. The maximum atomic E-state index is 10.7. The molecule has 0 aliphatic heterocycles. The van der Waals surface area contributed by atoms with Gasteiger partial charge in [0.2, 0.25) is 0 Å². The number of hydrogen-bond acceptors (Lipinski definition) is 2. The van der Waals surface area contributed by atoms with Crippen LogP contribution in [-0.4, -0.2) is 16.1 Å². The lowest BCUT2D eigenvalue weighted by Gasteiger charge is -1.90. The fourth-order valence-corrected chi connectivity index (χ4v) is 2.78. The lowest BCUT2D eigenvalue weighted by molar-refractivity contribution is 0.0691. The Morgan fingerprint density at radius 1 is 1.57 bits per heavy atom. The molecule has 2 aromatic heterocycles. The maximum absolute atomic E-state index is 10.7. The molecule has 4 heteroatoms. The zero-order valence-corrected chi connectivity index (χ0v) is 8.23. The number of carboxylic acid groups (broad SMARTS) is 1. The van der Waals surface area contributed by atoms with E-state index in [1.807, 2.05) is 0 Å². The molecule has 0 atom stereocenters. The zero-order valence-electron chi connectivity index (χ0n) is 7.41. The van der Waals surface area contributed by atoms with Crippen LogP contribution in [0.15, 0.2) is 11.4 Å². The van der Waals surface area contributed by atoms with Crippen molar-refractivity contribution in [2.75, 3.05) is 0 Å². The van der Waals surface area contributed by atoms with Crippen LogP contribution in [-0.2, 0) is 0 Å². The lowest BCUT2D eigenvalue weighted by atomic mass is 10.2. The van der Waals surface area contributed by atoms with Crippen LogP contribution in [0.5, 0.6) is 0 Å². The quantitative estimate of drug-likeness (QED) is 0.795. The number of aromatic nitrogens is 1. The summed E-state index contributed by atoms with van der Waals surface area (Å²) >= 11 is 1.63. The van der Waals surface area contributed by atoms with Gasteiger partial charge in [-0.05, 0) is 35.8 Å². The minimum Gasteiger partial charge on any atom is -0.477 e. The molecular formula is C10H9NO2S. The zero-order chi connectivity index (χ0) is 9.71. The fourth-order valence-electron chi connectivity index (χ4n) is 1.74. The van der Waals surface area contributed by atoms with Gasteiger partial charge in [0, 0.05) is 0 Å². The Balaban J connectivity index is 2.18. The minimum absolute atomic E-state index is 0.300.